The molecule has 0 radical (unpaired) electrons. The lowest BCUT2D eigenvalue weighted by Gasteiger charge is -2.26. The number of ether oxygens (including phenoxy) is 2. The first-order valence-corrected chi connectivity index (χ1v) is 11.6. The summed E-state index contributed by atoms with van der Waals surface area (Å²) in [6, 6.07) is 9.34. The number of amides is 1. The molecule has 3 rings (SSSR count). The summed E-state index contributed by atoms with van der Waals surface area (Å²) in [6.07, 6.45) is 2.65. The van der Waals surface area contributed by atoms with Crippen molar-refractivity contribution in [3.05, 3.63) is 46.4 Å². The van der Waals surface area contributed by atoms with Crippen molar-refractivity contribution >= 4 is 44.8 Å². The Labute approximate surface area is 185 Å². The summed E-state index contributed by atoms with van der Waals surface area (Å²) < 4.78 is 38.2. The molecule has 0 aromatic heterocycles. The largest absolute Gasteiger partial charge is 0.495 e. The lowest BCUT2D eigenvalue weighted by Crippen LogP contribution is -2.35. The second kappa shape index (κ2) is 9.87. The maximum absolute atomic E-state index is 13.1. The first kappa shape index (κ1) is 22.7. The Morgan fingerprint density at radius 2 is 1.83 bits per heavy atom. The van der Waals surface area contributed by atoms with Crippen LogP contribution >= 0.6 is 23.2 Å². The SMILES string of the molecule is COc1ccc(NC(=O)COc2cccc(Cl)c2Cl)cc1S(=O)(=O)N1CCCCC1. The van der Waals surface area contributed by atoms with Crippen molar-refractivity contribution in [3.63, 3.8) is 0 Å². The highest BCUT2D eigenvalue weighted by molar-refractivity contribution is 7.89. The average Bonchev–Trinajstić information content (AvgIpc) is 2.75. The number of carbonyl (C=O) groups excluding carboxylic acids is 1. The Hall–Kier alpha value is -2.00. The van der Waals surface area contributed by atoms with E-state index in [0.717, 1.165) is 19.3 Å². The van der Waals surface area contributed by atoms with Crippen LogP contribution in [0.2, 0.25) is 10.0 Å². The summed E-state index contributed by atoms with van der Waals surface area (Å²) in [6.45, 7) is 0.618. The van der Waals surface area contributed by atoms with E-state index in [0.29, 0.717) is 23.8 Å². The van der Waals surface area contributed by atoms with Gasteiger partial charge in [0, 0.05) is 18.8 Å². The fraction of sp³-hybridized carbons (Fsp3) is 0.350. The van der Waals surface area contributed by atoms with Crippen molar-refractivity contribution in [2.24, 2.45) is 0 Å². The molecule has 1 N–H and O–H groups in total. The van der Waals surface area contributed by atoms with E-state index in [1.165, 1.54) is 23.5 Å². The number of hydrogen-bond acceptors (Lipinski definition) is 5. The van der Waals surface area contributed by atoms with Gasteiger partial charge in [0.2, 0.25) is 10.0 Å². The van der Waals surface area contributed by atoms with Gasteiger partial charge in [-0.3, -0.25) is 4.79 Å². The average molecular weight is 473 g/mol. The number of hydrogen-bond donors (Lipinski definition) is 1. The Morgan fingerprint density at radius 1 is 1.10 bits per heavy atom. The maximum Gasteiger partial charge on any atom is 0.262 e. The number of nitrogens with one attached hydrogen (secondary N) is 1. The number of methoxy groups -OCH3 is 1. The zero-order valence-corrected chi connectivity index (χ0v) is 18.7. The van der Waals surface area contributed by atoms with Crippen molar-refractivity contribution in [3.8, 4) is 11.5 Å². The Bertz CT molecular complexity index is 1020. The van der Waals surface area contributed by atoms with Gasteiger partial charge in [0.05, 0.1) is 12.1 Å². The molecule has 1 fully saturated rings. The Kier molecular flexibility index (Phi) is 7.46. The van der Waals surface area contributed by atoms with E-state index in [1.54, 1.807) is 24.3 Å². The fourth-order valence-electron chi connectivity index (χ4n) is 3.14. The van der Waals surface area contributed by atoms with Gasteiger partial charge in [-0.15, -0.1) is 0 Å². The highest BCUT2D eigenvalue weighted by Gasteiger charge is 2.29. The van der Waals surface area contributed by atoms with Crippen molar-refractivity contribution in [2.75, 3.05) is 32.1 Å². The molecule has 1 aliphatic heterocycles. The number of halogens is 2. The minimum absolute atomic E-state index is 0.0171. The number of carbonyl (C=O) groups is 1. The van der Waals surface area contributed by atoms with E-state index in [-0.39, 0.29) is 28.0 Å². The maximum atomic E-state index is 13.1. The third kappa shape index (κ3) is 5.18. The Morgan fingerprint density at radius 3 is 2.53 bits per heavy atom. The van der Waals surface area contributed by atoms with E-state index in [4.69, 9.17) is 32.7 Å². The Balaban J connectivity index is 1.74. The number of nitrogens with zero attached hydrogens (tertiary/aromatic N) is 1. The fourth-order valence-corrected chi connectivity index (χ4v) is 5.18. The van der Waals surface area contributed by atoms with Crippen molar-refractivity contribution in [1.29, 1.82) is 0 Å². The van der Waals surface area contributed by atoms with Crippen LogP contribution in [0, 0.1) is 0 Å². The van der Waals surface area contributed by atoms with Crippen LogP contribution in [0.1, 0.15) is 19.3 Å². The molecular formula is C20H22Cl2N2O5S. The molecular weight excluding hydrogens is 451 g/mol. The van der Waals surface area contributed by atoms with E-state index < -0.39 is 15.9 Å². The van der Waals surface area contributed by atoms with Crippen LogP contribution in [-0.2, 0) is 14.8 Å². The van der Waals surface area contributed by atoms with Gasteiger partial charge in [-0.25, -0.2) is 8.42 Å². The second-order valence-corrected chi connectivity index (χ2v) is 9.41. The lowest BCUT2D eigenvalue weighted by atomic mass is 10.2. The predicted molar refractivity (Wildman–Crippen MR) is 116 cm³/mol. The smallest absolute Gasteiger partial charge is 0.262 e. The van der Waals surface area contributed by atoms with Gasteiger partial charge in [0.1, 0.15) is 21.4 Å². The van der Waals surface area contributed by atoms with Gasteiger partial charge >= 0.3 is 0 Å². The molecule has 0 unspecified atom stereocenters. The molecule has 1 saturated heterocycles. The van der Waals surface area contributed by atoms with E-state index in [9.17, 15) is 13.2 Å². The summed E-state index contributed by atoms with van der Waals surface area (Å²) in [4.78, 5) is 12.3. The minimum atomic E-state index is -3.74. The van der Waals surface area contributed by atoms with Gasteiger partial charge in [0.25, 0.3) is 5.91 Å². The first-order valence-electron chi connectivity index (χ1n) is 9.38. The van der Waals surface area contributed by atoms with Crippen LogP contribution < -0.4 is 14.8 Å². The van der Waals surface area contributed by atoms with Gasteiger partial charge in [-0.05, 0) is 43.2 Å². The monoisotopic (exact) mass is 472 g/mol. The van der Waals surface area contributed by atoms with E-state index in [1.807, 2.05) is 0 Å². The zero-order chi connectivity index (χ0) is 21.7. The highest BCUT2D eigenvalue weighted by Crippen LogP contribution is 2.32. The third-order valence-corrected chi connectivity index (χ3v) is 7.38. The van der Waals surface area contributed by atoms with Gasteiger partial charge < -0.3 is 14.8 Å². The van der Waals surface area contributed by atoms with E-state index in [2.05, 4.69) is 5.32 Å². The molecule has 0 bridgehead atoms. The number of piperidine rings is 1. The van der Waals surface area contributed by atoms with Crippen LogP contribution in [0.25, 0.3) is 0 Å². The van der Waals surface area contributed by atoms with Crippen molar-refractivity contribution in [2.45, 2.75) is 24.2 Å². The molecule has 30 heavy (non-hydrogen) atoms. The number of sulfonamides is 1. The number of anilines is 1. The van der Waals surface area contributed by atoms with Crippen molar-refractivity contribution in [1.82, 2.24) is 4.31 Å². The molecule has 1 aliphatic rings. The van der Waals surface area contributed by atoms with Gasteiger partial charge in [0.15, 0.2) is 6.61 Å². The summed E-state index contributed by atoms with van der Waals surface area (Å²) >= 11 is 12.0. The normalized spacial score (nSPS) is 14.9. The summed E-state index contributed by atoms with van der Waals surface area (Å²) in [5.41, 5.74) is 0.317. The van der Waals surface area contributed by atoms with Crippen molar-refractivity contribution < 1.29 is 22.7 Å². The quantitative estimate of drug-likeness (QED) is 0.652. The molecule has 1 heterocycles. The summed E-state index contributed by atoms with van der Waals surface area (Å²) in [5.74, 6) is 0.0282. The standard InChI is InChI=1S/C20H22Cl2N2O5S/c1-28-16-9-8-14(12-18(16)30(26,27)24-10-3-2-4-11-24)23-19(25)13-29-17-7-5-6-15(21)20(17)22/h5-9,12H,2-4,10-11,13H2,1H3,(H,23,25). The van der Waals surface area contributed by atoms with Gasteiger partial charge in [-0.2, -0.15) is 4.31 Å². The molecule has 0 atom stereocenters. The minimum Gasteiger partial charge on any atom is -0.495 e. The molecule has 162 valence electrons. The zero-order valence-electron chi connectivity index (χ0n) is 16.4. The highest BCUT2D eigenvalue weighted by atomic mass is 35.5. The molecule has 2 aromatic carbocycles. The molecule has 1 amide bonds. The molecule has 0 saturated carbocycles. The molecule has 0 spiro atoms. The number of rotatable bonds is 7. The molecule has 2 aromatic rings. The van der Waals surface area contributed by atoms with Crippen LogP contribution in [-0.4, -0.2) is 45.4 Å². The predicted octanol–water partition coefficient (Wildman–Crippen LogP) is 4.19. The number of benzene rings is 2. The second-order valence-electron chi connectivity index (χ2n) is 6.72. The molecule has 7 nitrogen and oxygen atoms in total. The van der Waals surface area contributed by atoms with Crippen LogP contribution in [0.4, 0.5) is 5.69 Å². The lowest BCUT2D eigenvalue weighted by molar-refractivity contribution is -0.118. The third-order valence-electron chi connectivity index (χ3n) is 4.66. The van der Waals surface area contributed by atoms with Crippen LogP contribution in [0.3, 0.4) is 0 Å². The van der Waals surface area contributed by atoms with E-state index >= 15 is 0 Å². The molecule has 0 aliphatic carbocycles. The van der Waals surface area contributed by atoms with Crippen LogP contribution in [0.5, 0.6) is 11.5 Å². The van der Waals surface area contributed by atoms with Gasteiger partial charge in [-0.1, -0.05) is 35.7 Å². The summed E-state index contributed by atoms with van der Waals surface area (Å²) in [7, 11) is -2.33. The molecule has 10 heteroatoms. The summed E-state index contributed by atoms with van der Waals surface area (Å²) in [5, 5.41) is 3.17. The van der Waals surface area contributed by atoms with Crippen LogP contribution in [0.15, 0.2) is 41.3 Å². The topological polar surface area (TPSA) is 84.9 Å². The first-order chi connectivity index (χ1) is 14.3.